The molecule has 0 aliphatic carbocycles. The number of nitro groups is 1. The van der Waals surface area contributed by atoms with Gasteiger partial charge in [-0.05, 0) is 48.4 Å². The van der Waals surface area contributed by atoms with Crippen LogP contribution in [0.4, 0.5) is 5.69 Å². The summed E-state index contributed by atoms with van der Waals surface area (Å²) >= 11 is 1.73. The molecule has 0 radical (unpaired) electrons. The Morgan fingerprint density at radius 3 is 2.70 bits per heavy atom. The number of amides is 1. The Morgan fingerprint density at radius 1 is 1.26 bits per heavy atom. The molecule has 0 bridgehead atoms. The van der Waals surface area contributed by atoms with Crippen molar-refractivity contribution in [3.8, 4) is 0 Å². The molecule has 0 unspecified atom stereocenters. The van der Waals surface area contributed by atoms with Gasteiger partial charge in [0.15, 0.2) is 0 Å². The number of rotatable bonds is 8. The van der Waals surface area contributed by atoms with E-state index in [1.807, 2.05) is 6.07 Å². The molecule has 6 nitrogen and oxygen atoms in total. The van der Waals surface area contributed by atoms with Crippen LogP contribution in [0.3, 0.4) is 0 Å². The van der Waals surface area contributed by atoms with Crippen molar-refractivity contribution in [3.05, 3.63) is 62.3 Å². The zero-order valence-corrected chi connectivity index (χ0v) is 13.3. The molecule has 0 saturated heterocycles. The van der Waals surface area contributed by atoms with E-state index in [1.165, 1.54) is 23.2 Å². The lowest BCUT2D eigenvalue weighted by Crippen LogP contribution is -2.16. The summed E-state index contributed by atoms with van der Waals surface area (Å²) in [7, 11) is 0. The Kier molecular flexibility index (Phi) is 6.43. The quantitative estimate of drug-likeness (QED) is 0.347. The Hall–Kier alpha value is -2.54. The molecular formula is C16H17N3O3S. The number of hydrazone groups is 1. The zero-order chi connectivity index (χ0) is 16.5. The van der Waals surface area contributed by atoms with E-state index < -0.39 is 4.92 Å². The van der Waals surface area contributed by atoms with E-state index in [9.17, 15) is 14.9 Å². The van der Waals surface area contributed by atoms with E-state index in [-0.39, 0.29) is 11.6 Å². The van der Waals surface area contributed by atoms with E-state index in [4.69, 9.17) is 0 Å². The molecule has 1 N–H and O–H groups in total. The summed E-state index contributed by atoms with van der Waals surface area (Å²) in [6, 6.07) is 10.1. The fourth-order valence-electron chi connectivity index (χ4n) is 1.96. The molecule has 0 atom stereocenters. The second-order valence-electron chi connectivity index (χ2n) is 4.93. The predicted molar refractivity (Wildman–Crippen MR) is 90.7 cm³/mol. The molecule has 1 amide bonds. The van der Waals surface area contributed by atoms with Crippen LogP contribution in [0.1, 0.15) is 29.7 Å². The molecule has 120 valence electrons. The van der Waals surface area contributed by atoms with Gasteiger partial charge in [-0.2, -0.15) is 5.10 Å². The third kappa shape index (κ3) is 5.99. The molecule has 0 spiro atoms. The standard InChI is InChI=1S/C16H17N3O3S/c20-16(6-2-1-4-15-5-3-11-23-15)18-17-12-13-7-9-14(10-8-13)19(21)22/h3,5,7-12H,1-2,4,6H2,(H,18,20)/b17-12-. The first kappa shape index (κ1) is 16.8. The van der Waals surface area contributed by atoms with Crippen molar-refractivity contribution in [1.82, 2.24) is 5.43 Å². The van der Waals surface area contributed by atoms with Crippen LogP contribution in [0.2, 0.25) is 0 Å². The fraction of sp³-hybridized carbons (Fsp3) is 0.250. The number of hydrogen-bond acceptors (Lipinski definition) is 5. The Labute approximate surface area is 138 Å². The van der Waals surface area contributed by atoms with E-state index in [0.29, 0.717) is 12.0 Å². The number of thiophene rings is 1. The van der Waals surface area contributed by atoms with Gasteiger partial charge in [-0.25, -0.2) is 5.43 Å². The number of aryl methyl sites for hydroxylation is 1. The van der Waals surface area contributed by atoms with Gasteiger partial charge in [0.05, 0.1) is 11.1 Å². The van der Waals surface area contributed by atoms with E-state index >= 15 is 0 Å². The molecule has 1 heterocycles. The van der Waals surface area contributed by atoms with Crippen LogP contribution >= 0.6 is 11.3 Å². The highest BCUT2D eigenvalue weighted by molar-refractivity contribution is 7.09. The van der Waals surface area contributed by atoms with Crippen molar-refractivity contribution in [2.45, 2.75) is 25.7 Å². The fourth-order valence-corrected chi connectivity index (χ4v) is 2.71. The van der Waals surface area contributed by atoms with Crippen molar-refractivity contribution >= 4 is 29.1 Å². The molecule has 0 fully saturated rings. The minimum absolute atomic E-state index is 0.0249. The topological polar surface area (TPSA) is 84.6 Å². The highest BCUT2D eigenvalue weighted by Gasteiger charge is 2.03. The average molecular weight is 331 g/mol. The molecule has 2 aromatic rings. The lowest BCUT2D eigenvalue weighted by atomic mass is 10.2. The number of benzene rings is 1. The maximum atomic E-state index is 11.6. The number of nitro benzene ring substituents is 1. The summed E-state index contributed by atoms with van der Waals surface area (Å²) in [5.74, 6) is -0.130. The third-order valence-corrected chi connectivity index (χ3v) is 4.10. The largest absolute Gasteiger partial charge is 0.273 e. The van der Waals surface area contributed by atoms with E-state index in [2.05, 4.69) is 22.0 Å². The van der Waals surface area contributed by atoms with Crippen molar-refractivity contribution in [1.29, 1.82) is 0 Å². The number of hydrogen-bond donors (Lipinski definition) is 1. The van der Waals surface area contributed by atoms with Crippen molar-refractivity contribution in [3.63, 3.8) is 0 Å². The summed E-state index contributed by atoms with van der Waals surface area (Å²) in [4.78, 5) is 23.0. The van der Waals surface area contributed by atoms with Gasteiger partial charge in [-0.15, -0.1) is 11.3 Å². The van der Waals surface area contributed by atoms with E-state index in [1.54, 1.807) is 23.5 Å². The van der Waals surface area contributed by atoms with Gasteiger partial charge in [0.25, 0.3) is 5.69 Å². The smallest absolute Gasteiger partial charge is 0.269 e. The van der Waals surface area contributed by atoms with Crippen molar-refractivity contribution in [2.24, 2.45) is 5.10 Å². The average Bonchev–Trinajstić information content (AvgIpc) is 3.05. The Balaban J connectivity index is 1.66. The molecule has 1 aromatic heterocycles. The summed E-state index contributed by atoms with van der Waals surface area (Å²) in [5.41, 5.74) is 3.17. The SMILES string of the molecule is O=C(CCCCc1cccs1)N/N=C\c1ccc([N+](=O)[O-])cc1. The first-order chi connectivity index (χ1) is 11.1. The number of non-ortho nitro benzene ring substituents is 1. The lowest BCUT2D eigenvalue weighted by molar-refractivity contribution is -0.384. The maximum absolute atomic E-state index is 11.6. The monoisotopic (exact) mass is 331 g/mol. The molecule has 23 heavy (non-hydrogen) atoms. The lowest BCUT2D eigenvalue weighted by Gasteiger charge is -2.00. The summed E-state index contributed by atoms with van der Waals surface area (Å²) in [5, 5.41) is 16.4. The maximum Gasteiger partial charge on any atom is 0.269 e. The summed E-state index contributed by atoms with van der Waals surface area (Å²) < 4.78 is 0. The molecular weight excluding hydrogens is 314 g/mol. The summed E-state index contributed by atoms with van der Waals surface area (Å²) in [6.45, 7) is 0. The minimum Gasteiger partial charge on any atom is -0.273 e. The minimum atomic E-state index is -0.459. The molecule has 0 saturated carbocycles. The van der Waals surface area contributed by atoms with Crippen LogP contribution in [0.25, 0.3) is 0 Å². The van der Waals surface area contributed by atoms with Gasteiger partial charge in [0.1, 0.15) is 0 Å². The number of carbonyl (C=O) groups is 1. The van der Waals surface area contributed by atoms with Gasteiger partial charge >= 0.3 is 0 Å². The number of nitrogens with one attached hydrogen (secondary N) is 1. The van der Waals surface area contributed by atoms with Crippen molar-refractivity contribution in [2.75, 3.05) is 0 Å². The normalized spacial score (nSPS) is 10.8. The molecule has 0 aliphatic heterocycles. The van der Waals surface area contributed by atoms with Crippen LogP contribution in [0, 0.1) is 10.1 Å². The zero-order valence-electron chi connectivity index (χ0n) is 12.5. The Morgan fingerprint density at radius 2 is 2.04 bits per heavy atom. The highest BCUT2D eigenvalue weighted by atomic mass is 32.1. The summed E-state index contributed by atoms with van der Waals surface area (Å²) in [6.07, 6.45) is 4.68. The predicted octanol–water partition coefficient (Wildman–Crippen LogP) is 3.52. The molecule has 7 heteroatoms. The van der Waals surface area contributed by atoms with Gasteiger partial charge in [0.2, 0.25) is 5.91 Å². The molecule has 1 aromatic carbocycles. The van der Waals surface area contributed by atoms with Gasteiger partial charge in [-0.3, -0.25) is 14.9 Å². The van der Waals surface area contributed by atoms with Gasteiger partial charge < -0.3 is 0 Å². The second-order valence-corrected chi connectivity index (χ2v) is 5.96. The van der Waals surface area contributed by atoms with Crippen LogP contribution in [-0.4, -0.2) is 17.0 Å². The van der Waals surface area contributed by atoms with Crippen molar-refractivity contribution < 1.29 is 9.72 Å². The van der Waals surface area contributed by atoms with Gasteiger partial charge in [0, 0.05) is 23.4 Å². The third-order valence-electron chi connectivity index (χ3n) is 3.16. The first-order valence-electron chi connectivity index (χ1n) is 7.24. The van der Waals surface area contributed by atoms with E-state index in [0.717, 1.165) is 19.3 Å². The first-order valence-corrected chi connectivity index (χ1v) is 8.12. The molecule has 0 aliphatic rings. The van der Waals surface area contributed by atoms with Crippen LogP contribution in [0.5, 0.6) is 0 Å². The molecule has 2 rings (SSSR count). The number of nitrogens with zero attached hydrogens (tertiary/aromatic N) is 2. The van der Waals surface area contributed by atoms with Crippen LogP contribution in [-0.2, 0) is 11.2 Å². The van der Waals surface area contributed by atoms with Crippen LogP contribution in [0.15, 0.2) is 46.9 Å². The van der Waals surface area contributed by atoms with Crippen LogP contribution < -0.4 is 5.43 Å². The number of carbonyl (C=O) groups excluding carboxylic acids is 1. The number of unbranched alkanes of at least 4 members (excludes halogenated alkanes) is 1. The highest BCUT2D eigenvalue weighted by Crippen LogP contribution is 2.12. The Bertz CT molecular complexity index is 666. The van der Waals surface area contributed by atoms with Gasteiger partial charge in [-0.1, -0.05) is 6.07 Å². The second kappa shape index (κ2) is 8.79.